The third-order valence-electron chi connectivity index (χ3n) is 6.05. The van der Waals surface area contributed by atoms with E-state index in [9.17, 15) is 14.7 Å². The van der Waals surface area contributed by atoms with Crippen molar-refractivity contribution in [2.24, 2.45) is 7.05 Å². The van der Waals surface area contributed by atoms with Crippen LogP contribution in [0.3, 0.4) is 0 Å². The van der Waals surface area contributed by atoms with Gasteiger partial charge < -0.3 is 14.7 Å². The zero-order valence-corrected chi connectivity index (χ0v) is 19.0. The number of carbonyl (C=O) groups is 1. The number of aromatic nitrogens is 3. The van der Waals surface area contributed by atoms with E-state index < -0.39 is 5.60 Å². The zero-order chi connectivity index (χ0) is 23.9. The van der Waals surface area contributed by atoms with Gasteiger partial charge in [0.25, 0.3) is 0 Å². The number of rotatable bonds is 5. The largest absolute Gasteiger partial charge is 0.374 e. The fourth-order valence-corrected chi connectivity index (χ4v) is 4.54. The number of aliphatic hydroxyl groups is 1. The Bertz CT molecular complexity index is 1590. The van der Waals surface area contributed by atoms with Crippen LogP contribution in [0.4, 0.5) is 0 Å². The number of carbonyl (C=O) groups excluding carboxylic acids is 1. The number of hydrogen-bond donors (Lipinski definition) is 2. The number of H-pyrrole nitrogens is 1. The molecule has 168 valence electrons. The molecule has 0 spiro atoms. The van der Waals surface area contributed by atoms with E-state index in [1.165, 1.54) is 6.07 Å². The molecule has 0 amide bonds. The second-order valence-electron chi connectivity index (χ2n) is 8.16. The SMILES string of the molecule is Cn1cncc1C(O)(c1ccc(C=O)cc1)c1ccc2[nH]c(=O)cc(-c3cccc(Cl)c3)c2c1. The molecule has 2 heterocycles. The minimum Gasteiger partial charge on any atom is -0.374 e. The lowest BCUT2D eigenvalue weighted by Gasteiger charge is -2.30. The van der Waals surface area contributed by atoms with Crippen LogP contribution in [-0.2, 0) is 12.6 Å². The van der Waals surface area contributed by atoms with Crippen molar-refractivity contribution >= 4 is 28.8 Å². The fraction of sp³-hybridized carbons (Fsp3) is 0.0741. The van der Waals surface area contributed by atoms with Gasteiger partial charge in [0, 0.05) is 34.6 Å². The van der Waals surface area contributed by atoms with E-state index in [4.69, 9.17) is 11.6 Å². The maximum absolute atomic E-state index is 12.4. The van der Waals surface area contributed by atoms with Crippen molar-refractivity contribution in [2.75, 3.05) is 0 Å². The van der Waals surface area contributed by atoms with Gasteiger partial charge in [0.05, 0.1) is 18.2 Å². The summed E-state index contributed by atoms with van der Waals surface area (Å²) < 4.78 is 1.75. The van der Waals surface area contributed by atoms with E-state index in [1.54, 1.807) is 65.6 Å². The van der Waals surface area contributed by atoms with Crippen molar-refractivity contribution in [2.45, 2.75) is 5.60 Å². The van der Waals surface area contributed by atoms with Crippen molar-refractivity contribution in [3.05, 3.63) is 123 Å². The van der Waals surface area contributed by atoms with Crippen LogP contribution in [0.2, 0.25) is 5.02 Å². The predicted octanol–water partition coefficient (Wildman–Crippen LogP) is 4.68. The highest BCUT2D eigenvalue weighted by atomic mass is 35.5. The molecule has 2 N–H and O–H groups in total. The average molecular weight is 470 g/mol. The molecular weight excluding hydrogens is 450 g/mol. The van der Waals surface area contributed by atoms with E-state index in [2.05, 4.69) is 9.97 Å². The minimum absolute atomic E-state index is 0.235. The second kappa shape index (κ2) is 8.41. The Kier molecular flexibility index (Phi) is 5.40. The Hall–Kier alpha value is -4.00. The summed E-state index contributed by atoms with van der Waals surface area (Å²) in [6.45, 7) is 0. The standard InChI is InChI=1S/C27H20ClN3O3/c1-31-16-29-14-25(31)27(34,19-7-5-17(15-32)6-8-19)20-9-10-24-23(12-20)22(13-26(33)30-24)18-3-2-4-21(28)11-18/h2-16,34H,1H3,(H,30,33). The van der Waals surface area contributed by atoms with Crippen molar-refractivity contribution in [3.63, 3.8) is 0 Å². The van der Waals surface area contributed by atoms with Crippen LogP contribution in [0.1, 0.15) is 27.2 Å². The first-order chi connectivity index (χ1) is 16.4. The van der Waals surface area contributed by atoms with Gasteiger partial charge in [0.2, 0.25) is 5.56 Å². The zero-order valence-electron chi connectivity index (χ0n) is 18.2. The van der Waals surface area contributed by atoms with Crippen LogP contribution in [-0.4, -0.2) is 25.9 Å². The molecular formula is C27H20ClN3O3. The molecule has 0 aliphatic rings. The van der Waals surface area contributed by atoms with Crippen molar-refractivity contribution in [1.82, 2.24) is 14.5 Å². The van der Waals surface area contributed by atoms with Crippen molar-refractivity contribution in [1.29, 1.82) is 0 Å². The van der Waals surface area contributed by atoms with E-state index in [1.807, 2.05) is 25.2 Å². The molecule has 0 fully saturated rings. The molecule has 1 unspecified atom stereocenters. The highest BCUT2D eigenvalue weighted by Crippen LogP contribution is 2.39. The third kappa shape index (κ3) is 3.63. The summed E-state index contributed by atoms with van der Waals surface area (Å²) in [6, 6.07) is 21.0. The quantitative estimate of drug-likeness (QED) is 0.366. The molecule has 5 aromatic rings. The summed E-state index contributed by atoms with van der Waals surface area (Å²) in [7, 11) is 1.81. The normalized spacial score (nSPS) is 13.0. The summed E-state index contributed by atoms with van der Waals surface area (Å²) in [6.07, 6.45) is 4.00. The van der Waals surface area contributed by atoms with E-state index in [0.717, 1.165) is 17.2 Å². The van der Waals surface area contributed by atoms with Crippen LogP contribution in [0, 0.1) is 0 Å². The van der Waals surface area contributed by atoms with Crippen LogP contribution in [0.15, 0.2) is 90.1 Å². The van der Waals surface area contributed by atoms with E-state index in [0.29, 0.717) is 38.5 Å². The van der Waals surface area contributed by atoms with Crippen LogP contribution in [0.5, 0.6) is 0 Å². The summed E-state index contributed by atoms with van der Waals surface area (Å²) in [5.74, 6) is 0. The molecule has 0 bridgehead atoms. The number of aromatic amines is 1. The monoisotopic (exact) mass is 469 g/mol. The average Bonchev–Trinajstić information content (AvgIpc) is 3.29. The molecule has 5 rings (SSSR count). The van der Waals surface area contributed by atoms with Crippen LogP contribution >= 0.6 is 11.6 Å². The third-order valence-corrected chi connectivity index (χ3v) is 6.28. The molecule has 2 aromatic heterocycles. The van der Waals surface area contributed by atoms with E-state index >= 15 is 0 Å². The smallest absolute Gasteiger partial charge is 0.249 e. The number of hydrogen-bond acceptors (Lipinski definition) is 4. The Morgan fingerprint density at radius 1 is 1.03 bits per heavy atom. The molecule has 34 heavy (non-hydrogen) atoms. The number of benzene rings is 3. The minimum atomic E-state index is -1.57. The first kappa shape index (κ1) is 21.8. The molecule has 0 saturated carbocycles. The highest BCUT2D eigenvalue weighted by Gasteiger charge is 2.36. The summed E-state index contributed by atoms with van der Waals surface area (Å²) in [5, 5.41) is 13.5. The molecule has 0 radical (unpaired) electrons. The van der Waals surface area contributed by atoms with Gasteiger partial charge in [-0.2, -0.15) is 0 Å². The molecule has 1 atom stereocenters. The van der Waals surface area contributed by atoms with Gasteiger partial charge in [-0.05, 0) is 46.5 Å². The van der Waals surface area contributed by atoms with Gasteiger partial charge in [0.15, 0.2) is 5.60 Å². The van der Waals surface area contributed by atoms with Gasteiger partial charge in [0.1, 0.15) is 6.29 Å². The molecule has 3 aromatic carbocycles. The lowest BCUT2D eigenvalue weighted by molar-refractivity contribution is 0.111. The van der Waals surface area contributed by atoms with Gasteiger partial charge in [-0.1, -0.05) is 54.1 Å². The number of pyridine rings is 1. The van der Waals surface area contributed by atoms with Gasteiger partial charge in [-0.3, -0.25) is 9.59 Å². The molecule has 6 nitrogen and oxygen atoms in total. The van der Waals surface area contributed by atoms with Crippen molar-refractivity contribution in [3.8, 4) is 11.1 Å². The number of nitrogens with one attached hydrogen (secondary N) is 1. The molecule has 7 heteroatoms. The van der Waals surface area contributed by atoms with Gasteiger partial charge in [-0.25, -0.2) is 4.98 Å². The number of aldehydes is 1. The summed E-state index contributed by atoms with van der Waals surface area (Å²) in [4.78, 5) is 30.6. The topological polar surface area (TPSA) is 88.0 Å². The Balaban J connectivity index is 1.80. The number of halogens is 1. The maximum atomic E-state index is 12.4. The number of imidazole rings is 1. The van der Waals surface area contributed by atoms with Crippen LogP contribution < -0.4 is 5.56 Å². The second-order valence-corrected chi connectivity index (χ2v) is 8.59. The fourth-order valence-electron chi connectivity index (χ4n) is 4.34. The molecule has 0 aliphatic heterocycles. The predicted molar refractivity (Wildman–Crippen MR) is 132 cm³/mol. The number of fused-ring (bicyclic) bond motifs is 1. The summed E-state index contributed by atoms with van der Waals surface area (Å²) in [5.41, 5.74) is 2.55. The van der Waals surface area contributed by atoms with Gasteiger partial charge >= 0.3 is 0 Å². The molecule has 0 aliphatic carbocycles. The lowest BCUT2D eigenvalue weighted by Crippen LogP contribution is -2.31. The number of nitrogens with zero attached hydrogens (tertiary/aromatic N) is 2. The molecule has 0 saturated heterocycles. The first-order valence-electron chi connectivity index (χ1n) is 10.6. The Morgan fingerprint density at radius 2 is 1.79 bits per heavy atom. The van der Waals surface area contributed by atoms with Gasteiger partial charge in [-0.15, -0.1) is 0 Å². The first-order valence-corrected chi connectivity index (χ1v) is 11.0. The maximum Gasteiger partial charge on any atom is 0.249 e. The number of aryl methyl sites for hydroxylation is 1. The lowest BCUT2D eigenvalue weighted by atomic mass is 9.82. The Morgan fingerprint density at radius 3 is 2.47 bits per heavy atom. The Labute approximate surface area is 200 Å². The summed E-state index contributed by atoms with van der Waals surface area (Å²) >= 11 is 6.22. The van der Waals surface area contributed by atoms with E-state index in [-0.39, 0.29) is 5.56 Å². The highest BCUT2D eigenvalue weighted by molar-refractivity contribution is 6.30. The van der Waals surface area contributed by atoms with Crippen molar-refractivity contribution < 1.29 is 9.90 Å². The van der Waals surface area contributed by atoms with Crippen LogP contribution in [0.25, 0.3) is 22.0 Å².